The van der Waals surface area contributed by atoms with Crippen LogP contribution in [-0.2, 0) is 13.6 Å². The predicted octanol–water partition coefficient (Wildman–Crippen LogP) is 2.39. The van der Waals surface area contributed by atoms with Crippen LogP contribution in [0.25, 0.3) is 0 Å². The lowest BCUT2D eigenvalue weighted by Gasteiger charge is -2.04. The fourth-order valence-electron chi connectivity index (χ4n) is 1.50. The number of aromatic nitrogens is 3. The van der Waals surface area contributed by atoms with E-state index in [0.717, 1.165) is 17.9 Å². The number of halogens is 1. The van der Waals surface area contributed by atoms with Gasteiger partial charge in [0, 0.05) is 25.4 Å². The lowest BCUT2D eigenvalue weighted by atomic mass is 10.2. The monoisotopic (exact) mass is 236 g/mol. The Bertz CT molecular complexity index is 475. The molecule has 0 amide bonds. The van der Waals surface area contributed by atoms with Gasteiger partial charge in [-0.3, -0.25) is 4.68 Å². The lowest BCUT2D eigenvalue weighted by molar-refractivity contribution is 0.756. The molecule has 0 fully saturated rings. The molecular weight excluding hydrogens is 224 g/mol. The molecule has 0 aliphatic heterocycles. The highest BCUT2D eigenvalue weighted by molar-refractivity contribution is 6.29. The maximum Gasteiger partial charge on any atom is 0.129 e. The fourth-order valence-corrected chi connectivity index (χ4v) is 1.61. The molecule has 0 unspecified atom stereocenters. The number of aryl methyl sites for hydroxylation is 2. The van der Waals surface area contributed by atoms with Gasteiger partial charge >= 0.3 is 0 Å². The summed E-state index contributed by atoms with van der Waals surface area (Å²) in [7, 11) is 1.92. The number of hydrogen-bond donors (Lipinski definition) is 1. The van der Waals surface area contributed by atoms with E-state index in [1.54, 1.807) is 12.3 Å². The smallest absolute Gasteiger partial charge is 0.129 e. The van der Waals surface area contributed by atoms with E-state index in [2.05, 4.69) is 15.4 Å². The van der Waals surface area contributed by atoms with Crippen LogP contribution in [0.15, 0.2) is 24.5 Å². The molecular formula is C11H13ClN4. The van der Waals surface area contributed by atoms with Gasteiger partial charge in [-0.1, -0.05) is 11.6 Å². The van der Waals surface area contributed by atoms with Gasteiger partial charge in [-0.2, -0.15) is 5.10 Å². The van der Waals surface area contributed by atoms with E-state index in [0.29, 0.717) is 5.15 Å². The van der Waals surface area contributed by atoms with Gasteiger partial charge in [0.25, 0.3) is 0 Å². The normalized spacial score (nSPS) is 10.4. The zero-order valence-corrected chi connectivity index (χ0v) is 9.99. The van der Waals surface area contributed by atoms with Gasteiger partial charge in [0.15, 0.2) is 0 Å². The fraction of sp³-hybridized carbons (Fsp3) is 0.273. The van der Waals surface area contributed by atoms with Gasteiger partial charge in [0.1, 0.15) is 5.15 Å². The number of nitrogens with one attached hydrogen (secondary N) is 1. The minimum Gasteiger partial charge on any atom is -0.380 e. The maximum absolute atomic E-state index is 5.71. The van der Waals surface area contributed by atoms with Crippen LogP contribution in [0, 0.1) is 6.92 Å². The molecule has 16 heavy (non-hydrogen) atoms. The lowest BCUT2D eigenvalue weighted by Crippen LogP contribution is -2.00. The highest BCUT2D eigenvalue weighted by Crippen LogP contribution is 2.12. The van der Waals surface area contributed by atoms with Crippen LogP contribution in [0.4, 0.5) is 5.69 Å². The molecule has 0 saturated carbocycles. The number of anilines is 1. The summed E-state index contributed by atoms with van der Waals surface area (Å²) in [5.74, 6) is 0. The predicted molar refractivity (Wildman–Crippen MR) is 64.5 cm³/mol. The van der Waals surface area contributed by atoms with E-state index in [4.69, 9.17) is 11.6 Å². The summed E-state index contributed by atoms with van der Waals surface area (Å²) in [5, 5.41) is 8.05. The zero-order valence-electron chi connectivity index (χ0n) is 9.24. The quantitative estimate of drug-likeness (QED) is 0.833. The molecule has 0 atom stereocenters. The van der Waals surface area contributed by atoms with Crippen LogP contribution >= 0.6 is 11.6 Å². The molecule has 2 heterocycles. The second kappa shape index (κ2) is 4.53. The third-order valence-corrected chi connectivity index (χ3v) is 2.55. The van der Waals surface area contributed by atoms with Crippen molar-refractivity contribution in [3.63, 3.8) is 0 Å². The Morgan fingerprint density at radius 3 is 2.81 bits per heavy atom. The molecule has 0 aromatic carbocycles. The molecule has 0 radical (unpaired) electrons. The third-order valence-electron chi connectivity index (χ3n) is 2.33. The van der Waals surface area contributed by atoms with Crippen LogP contribution in [0.2, 0.25) is 5.15 Å². The van der Waals surface area contributed by atoms with Crippen molar-refractivity contribution in [3.05, 3.63) is 40.9 Å². The average molecular weight is 237 g/mol. The summed E-state index contributed by atoms with van der Waals surface area (Å²) in [6.45, 7) is 2.74. The van der Waals surface area contributed by atoms with E-state index in [9.17, 15) is 0 Å². The molecule has 0 spiro atoms. The third kappa shape index (κ3) is 2.52. The molecule has 2 aromatic heterocycles. The molecule has 0 saturated heterocycles. The van der Waals surface area contributed by atoms with Crippen LogP contribution in [0.5, 0.6) is 0 Å². The summed E-state index contributed by atoms with van der Waals surface area (Å²) in [5.41, 5.74) is 3.17. The van der Waals surface area contributed by atoms with Gasteiger partial charge in [-0.15, -0.1) is 0 Å². The second-order valence-electron chi connectivity index (χ2n) is 3.64. The average Bonchev–Trinajstić information content (AvgIpc) is 2.57. The van der Waals surface area contributed by atoms with Crippen molar-refractivity contribution >= 4 is 17.3 Å². The molecule has 4 nitrogen and oxygen atoms in total. The van der Waals surface area contributed by atoms with Gasteiger partial charge in [-0.05, 0) is 19.1 Å². The van der Waals surface area contributed by atoms with Gasteiger partial charge in [0.05, 0.1) is 17.6 Å². The van der Waals surface area contributed by atoms with Crippen LogP contribution < -0.4 is 5.32 Å². The first-order valence-electron chi connectivity index (χ1n) is 4.99. The first-order valence-corrected chi connectivity index (χ1v) is 5.37. The SMILES string of the molecule is Cc1nn(C)cc1CNc1ccc(Cl)nc1. The van der Waals surface area contributed by atoms with Crippen molar-refractivity contribution in [2.24, 2.45) is 7.05 Å². The van der Waals surface area contributed by atoms with E-state index >= 15 is 0 Å². The summed E-state index contributed by atoms with van der Waals surface area (Å²) in [6, 6.07) is 3.67. The minimum absolute atomic E-state index is 0.503. The Morgan fingerprint density at radius 2 is 2.25 bits per heavy atom. The van der Waals surface area contributed by atoms with E-state index < -0.39 is 0 Å². The highest BCUT2D eigenvalue weighted by Gasteiger charge is 2.02. The Hall–Kier alpha value is -1.55. The Morgan fingerprint density at radius 1 is 1.44 bits per heavy atom. The van der Waals surface area contributed by atoms with Gasteiger partial charge in [0.2, 0.25) is 0 Å². The summed E-state index contributed by atoms with van der Waals surface area (Å²) in [4.78, 5) is 4.00. The molecule has 2 rings (SSSR count). The minimum atomic E-state index is 0.503. The van der Waals surface area contributed by atoms with E-state index in [-0.39, 0.29) is 0 Å². The molecule has 2 aromatic rings. The van der Waals surface area contributed by atoms with Crippen molar-refractivity contribution in [3.8, 4) is 0 Å². The zero-order chi connectivity index (χ0) is 11.5. The Labute approximate surface area is 99.3 Å². The van der Waals surface area contributed by atoms with E-state index in [1.165, 1.54) is 5.56 Å². The van der Waals surface area contributed by atoms with Crippen LogP contribution in [0.1, 0.15) is 11.3 Å². The largest absolute Gasteiger partial charge is 0.380 e. The number of hydrogen-bond acceptors (Lipinski definition) is 3. The van der Waals surface area contributed by atoms with Crippen LogP contribution in [0.3, 0.4) is 0 Å². The molecule has 0 bridgehead atoms. The number of rotatable bonds is 3. The number of pyridine rings is 1. The maximum atomic E-state index is 5.71. The van der Waals surface area contributed by atoms with Crippen molar-refractivity contribution in [1.29, 1.82) is 0 Å². The summed E-state index contributed by atoms with van der Waals surface area (Å²) >= 11 is 5.71. The summed E-state index contributed by atoms with van der Waals surface area (Å²) < 4.78 is 1.81. The molecule has 1 N–H and O–H groups in total. The second-order valence-corrected chi connectivity index (χ2v) is 4.02. The van der Waals surface area contributed by atoms with E-state index in [1.807, 2.05) is 30.9 Å². The topological polar surface area (TPSA) is 42.7 Å². The number of nitrogens with zero attached hydrogens (tertiary/aromatic N) is 3. The Kier molecular flexibility index (Phi) is 3.10. The summed E-state index contributed by atoms with van der Waals surface area (Å²) in [6.07, 6.45) is 3.72. The first kappa shape index (κ1) is 11.0. The van der Waals surface area contributed by atoms with Crippen molar-refractivity contribution in [2.75, 3.05) is 5.32 Å². The van der Waals surface area contributed by atoms with Gasteiger partial charge < -0.3 is 5.32 Å². The highest BCUT2D eigenvalue weighted by atomic mass is 35.5. The van der Waals surface area contributed by atoms with Crippen molar-refractivity contribution in [1.82, 2.24) is 14.8 Å². The van der Waals surface area contributed by atoms with Crippen molar-refractivity contribution < 1.29 is 0 Å². The van der Waals surface area contributed by atoms with Crippen LogP contribution in [-0.4, -0.2) is 14.8 Å². The Balaban J connectivity index is 2.02. The first-order chi connectivity index (χ1) is 7.65. The molecule has 0 aliphatic carbocycles. The molecule has 84 valence electrons. The molecule has 5 heteroatoms. The van der Waals surface area contributed by atoms with Crippen molar-refractivity contribution in [2.45, 2.75) is 13.5 Å². The standard InChI is InChI=1S/C11H13ClN4/c1-8-9(7-16(2)15-8)5-13-10-3-4-11(12)14-6-10/h3-4,6-7,13H,5H2,1-2H3. The van der Waals surface area contributed by atoms with Gasteiger partial charge in [-0.25, -0.2) is 4.98 Å². The molecule has 0 aliphatic rings.